The number of aliphatic hydroxyl groups excluding tert-OH is 1. The topological polar surface area (TPSA) is 99.4 Å². The fourth-order valence-electron chi connectivity index (χ4n) is 2.69. The van der Waals surface area contributed by atoms with Gasteiger partial charge in [0.1, 0.15) is 6.33 Å². The predicted molar refractivity (Wildman–Crippen MR) is 84.4 cm³/mol. The molecule has 0 bridgehead atoms. The summed E-state index contributed by atoms with van der Waals surface area (Å²) in [4.78, 5) is 25.2. The van der Waals surface area contributed by atoms with Crippen LogP contribution in [0.15, 0.2) is 12.7 Å². The summed E-state index contributed by atoms with van der Waals surface area (Å²) >= 11 is 1.49. The molecule has 124 valence electrons. The van der Waals surface area contributed by atoms with E-state index in [1.165, 1.54) is 24.4 Å². The summed E-state index contributed by atoms with van der Waals surface area (Å²) in [6, 6.07) is 0. The molecule has 2 unspecified atom stereocenters. The summed E-state index contributed by atoms with van der Waals surface area (Å²) in [5.41, 5.74) is -0.326. The van der Waals surface area contributed by atoms with Crippen molar-refractivity contribution in [2.45, 2.75) is 25.5 Å². The highest BCUT2D eigenvalue weighted by molar-refractivity contribution is 7.99. The van der Waals surface area contributed by atoms with E-state index in [0.29, 0.717) is 35.2 Å². The van der Waals surface area contributed by atoms with Crippen molar-refractivity contribution in [1.82, 2.24) is 19.5 Å². The van der Waals surface area contributed by atoms with Crippen LogP contribution in [0, 0.1) is 0 Å². The second kappa shape index (κ2) is 6.32. The Morgan fingerprint density at radius 1 is 1.43 bits per heavy atom. The first-order valence-corrected chi connectivity index (χ1v) is 8.55. The summed E-state index contributed by atoms with van der Waals surface area (Å²) in [6.07, 6.45) is 1.97. The number of carbonyl (C=O) groups is 1. The Kier molecular flexibility index (Phi) is 4.40. The first-order valence-electron chi connectivity index (χ1n) is 7.39. The van der Waals surface area contributed by atoms with Crippen LogP contribution in [-0.4, -0.2) is 61.4 Å². The van der Waals surface area contributed by atoms with Crippen molar-refractivity contribution >= 4 is 28.9 Å². The van der Waals surface area contributed by atoms with Gasteiger partial charge < -0.3 is 14.6 Å². The monoisotopic (exact) mass is 338 g/mol. The molecule has 1 N–H and O–H groups in total. The molecule has 1 saturated heterocycles. The second-order valence-corrected chi connectivity index (χ2v) is 6.10. The van der Waals surface area contributed by atoms with Crippen LogP contribution in [0.3, 0.4) is 0 Å². The minimum atomic E-state index is -1.23. The molecule has 3 heterocycles. The number of aliphatic hydroxyl groups is 1. The molecule has 2 aromatic rings. The van der Waals surface area contributed by atoms with Crippen LogP contribution in [0.25, 0.3) is 11.2 Å². The van der Waals surface area contributed by atoms with E-state index in [1.54, 1.807) is 11.5 Å². The number of hydrogen-bond donors (Lipinski definition) is 1. The van der Waals surface area contributed by atoms with Crippen LogP contribution < -0.4 is 4.74 Å². The maximum Gasteiger partial charge on any atom is 0.336 e. The molecule has 2 aromatic heterocycles. The minimum absolute atomic E-state index is 0.240. The van der Waals surface area contributed by atoms with E-state index in [0.717, 1.165) is 0 Å². The van der Waals surface area contributed by atoms with Crippen molar-refractivity contribution < 1.29 is 19.4 Å². The van der Waals surface area contributed by atoms with Gasteiger partial charge in [-0.05, 0) is 13.8 Å². The van der Waals surface area contributed by atoms with Crippen LogP contribution >= 0.6 is 11.8 Å². The molecule has 0 aromatic carbocycles. The van der Waals surface area contributed by atoms with Gasteiger partial charge in [0.25, 0.3) is 0 Å². The predicted octanol–water partition coefficient (Wildman–Crippen LogP) is 0.591. The number of hydrogen-bond acceptors (Lipinski definition) is 8. The number of ether oxygens (including phenoxy) is 2. The summed E-state index contributed by atoms with van der Waals surface area (Å²) in [5, 5.41) is 10.5. The first-order chi connectivity index (χ1) is 11.1. The molecule has 3 rings (SSSR count). The lowest BCUT2D eigenvalue weighted by Gasteiger charge is -2.30. The summed E-state index contributed by atoms with van der Waals surface area (Å²) in [6.45, 7) is 4.27. The fourth-order valence-corrected chi connectivity index (χ4v) is 4.06. The largest absolute Gasteiger partial charge is 0.476 e. The molecular weight excluding hydrogens is 320 g/mol. The standard InChI is InChI=1S/C14H18N4O4S/c1-3-21-12-10-11(15-7-16-12)18(8-17-10)14(13(20)22-4-2)6-23-5-9(14)19/h7-9,19H,3-6H2,1-2H3. The number of carbonyl (C=O) groups excluding carboxylic acids is 1. The lowest BCUT2D eigenvalue weighted by atomic mass is 9.95. The van der Waals surface area contributed by atoms with Gasteiger partial charge in [-0.25, -0.2) is 14.8 Å². The van der Waals surface area contributed by atoms with Crippen molar-refractivity contribution in [2.75, 3.05) is 24.7 Å². The van der Waals surface area contributed by atoms with Crippen molar-refractivity contribution in [3.05, 3.63) is 12.7 Å². The first kappa shape index (κ1) is 16.0. The Bertz CT molecular complexity index is 722. The lowest BCUT2D eigenvalue weighted by Crippen LogP contribution is -2.51. The Balaban J connectivity index is 2.16. The summed E-state index contributed by atoms with van der Waals surface area (Å²) < 4.78 is 12.3. The van der Waals surface area contributed by atoms with Gasteiger partial charge in [-0.2, -0.15) is 16.7 Å². The molecule has 0 aliphatic carbocycles. The fraction of sp³-hybridized carbons (Fsp3) is 0.571. The van der Waals surface area contributed by atoms with Crippen molar-refractivity contribution in [3.63, 3.8) is 0 Å². The molecule has 1 aliphatic rings. The summed E-state index contributed by atoms with van der Waals surface area (Å²) in [5.74, 6) is 0.720. The highest BCUT2D eigenvalue weighted by atomic mass is 32.2. The average Bonchev–Trinajstić information content (AvgIpc) is 3.13. The number of imidazole rings is 1. The van der Waals surface area contributed by atoms with Crippen molar-refractivity contribution in [1.29, 1.82) is 0 Å². The van der Waals surface area contributed by atoms with Gasteiger partial charge in [0.05, 0.1) is 25.6 Å². The van der Waals surface area contributed by atoms with Gasteiger partial charge in [-0.1, -0.05) is 0 Å². The Morgan fingerprint density at radius 3 is 2.91 bits per heavy atom. The van der Waals surface area contributed by atoms with Crippen molar-refractivity contribution in [3.8, 4) is 5.88 Å². The molecule has 1 fully saturated rings. The van der Waals surface area contributed by atoms with Gasteiger partial charge in [0, 0.05) is 11.5 Å². The van der Waals surface area contributed by atoms with Crippen LogP contribution in [-0.2, 0) is 15.1 Å². The van der Waals surface area contributed by atoms with Crippen LogP contribution in [0.2, 0.25) is 0 Å². The van der Waals surface area contributed by atoms with E-state index in [1.807, 2.05) is 6.92 Å². The third-order valence-electron chi connectivity index (χ3n) is 3.79. The highest BCUT2D eigenvalue weighted by Gasteiger charge is 2.53. The Labute approximate surface area is 137 Å². The third-order valence-corrected chi connectivity index (χ3v) is 4.98. The van der Waals surface area contributed by atoms with Gasteiger partial charge >= 0.3 is 5.97 Å². The number of thioether (sulfide) groups is 1. The number of fused-ring (bicyclic) bond motifs is 1. The molecule has 0 amide bonds. The molecular formula is C14H18N4O4S. The maximum atomic E-state index is 12.6. The molecule has 23 heavy (non-hydrogen) atoms. The number of rotatable bonds is 5. The van der Waals surface area contributed by atoms with Gasteiger partial charge in [-0.15, -0.1) is 0 Å². The number of esters is 1. The molecule has 0 radical (unpaired) electrons. The van der Waals surface area contributed by atoms with Crippen molar-refractivity contribution in [2.24, 2.45) is 0 Å². The quantitative estimate of drug-likeness (QED) is 0.791. The SMILES string of the molecule is CCOC(=O)C1(n2cnc3c(OCC)ncnc32)CSCC1O. The zero-order chi connectivity index (χ0) is 16.4. The molecule has 8 nitrogen and oxygen atoms in total. The van der Waals surface area contributed by atoms with E-state index < -0.39 is 17.6 Å². The number of aromatic nitrogens is 4. The zero-order valence-corrected chi connectivity index (χ0v) is 13.7. The normalized spacial score (nSPS) is 24.0. The van der Waals surface area contributed by atoms with E-state index in [-0.39, 0.29) is 6.61 Å². The highest BCUT2D eigenvalue weighted by Crippen LogP contribution is 2.38. The van der Waals surface area contributed by atoms with Gasteiger partial charge in [0.2, 0.25) is 5.88 Å². The Morgan fingerprint density at radius 2 is 2.26 bits per heavy atom. The van der Waals surface area contributed by atoms with Gasteiger partial charge in [0.15, 0.2) is 16.7 Å². The average molecular weight is 338 g/mol. The molecule has 9 heteroatoms. The van der Waals surface area contributed by atoms with Crippen LogP contribution in [0.1, 0.15) is 13.8 Å². The van der Waals surface area contributed by atoms with Gasteiger partial charge in [-0.3, -0.25) is 4.57 Å². The zero-order valence-electron chi connectivity index (χ0n) is 12.9. The Hall–Kier alpha value is -1.87. The molecule has 0 saturated carbocycles. The molecule has 2 atom stereocenters. The van der Waals surface area contributed by atoms with Crippen LogP contribution in [0.5, 0.6) is 5.88 Å². The van der Waals surface area contributed by atoms with Crippen LogP contribution in [0.4, 0.5) is 0 Å². The van der Waals surface area contributed by atoms with E-state index in [4.69, 9.17) is 9.47 Å². The third kappa shape index (κ3) is 2.43. The number of nitrogens with zero attached hydrogens (tertiary/aromatic N) is 4. The van der Waals surface area contributed by atoms with E-state index in [2.05, 4.69) is 15.0 Å². The van der Waals surface area contributed by atoms with E-state index >= 15 is 0 Å². The molecule has 1 aliphatic heterocycles. The van der Waals surface area contributed by atoms with E-state index in [9.17, 15) is 9.90 Å². The smallest absolute Gasteiger partial charge is 0.336 e. The lowest BCUT2D eigenvalue weighted by molar-refractivity contribution is -0.157. The second-order valence-electron chi connectivity index (χ2n) is 5.07. The summed E-state index contributed by atoms with van der Waals surface area (Å²) in [7, 11) is 0. The molecule has 0 spiro atoms. The maximum absolute atomic E-state index is 12.6. The minimum Gasteiger partial charge on any atom is -0.476 e.